The molecule has 120 valence electrons. The highest BCUT2D eigenvalue weighted by Crippen LogP contribution is 2.07. The number of carbonyl (C=O) groups is 4. The zero-order valence-electron chi connectivity index (χ0n) is 13.8. The van der Waals surface area contributed by atoms with Crippen molar-refractivity contribution in [2.75, 3.05) is 7.11 Å². The molecule has 2 N–H and O–H groups in total. The molecule has 8 nitrogen and oxygen atoms in total. The fraction of sp³-hybridized carbons (Fsp3) is 0.692. The van der Waals surface area contributed by atoms with Crippen LogP contribution in [0.3, 0.4) is 0 Å². The Hall–Kier alpha value is -2.12. The van der Waals surface area contributed by atoms with E-state index in [9.17, 15) is 19.2 Å². The number of hydrogen-bond acceptors (Lipinski definition) is 6. The van der Waals surface area contributed by atoms with E-state index in [2.05, 4.69) is 10.1 Å². The summed E-state index contributed by atoms with van der Waals surface area (Å²) in [5, 5.41) is 4.18. The van der Waals surface area contributed by atoms with Crippen molar-refractivity contribution in [3.05, 3.63) is 0 Å². The molecule has 0 aromatic heterocycles. The minimum Gasteiger partial charge on any atom is -0.467 e. The van der Waals surface area contributed by atoms with E-state index < -0.39 is 48.3 Å². The molecule has 0 heterocycles. The standard InChI is InChI=1S/C13H22N2O6/c1-8(16)14-9(11(18)20-5)6-7-10(17)15-12(19)21-13(2,3)4/h9H,6-7H2,1-5H3,(H,14,16)(H,15,17,19)/t9-/m0/s1/i6D,9+1/t6-,9+/m1. The first-order valence-electron chi connectivity index (χ1n) is 6.84. The van der Waals surface area contributed by atoms with Crippen LogP contribution in [0, 0.1) is 0 Å². The third kappa shape index (κ3) is 9.42. The molecule has 0 aliphatic heterocycles. The van der Waals surface area contributed by atoms with Gasteiger partial charge in [0.05, 0.1) is 7.11 Å². The molecule has 2 atom stereocenters. The molecule has 0 fully saturated rings. The Bertz CT molecular complexity index is 446. The van der Waals surface area contributed by atoms with Gasteiger partial charge in [0.1, 0.15) is 11.6 Å². The van der Waals surface area contributed by atoms with Gasteiger partial charge in [-0.1, -0.05) is 0 Å². The largest absolute Gasteiger partial charge is 0.467 e. The predicted molar refractivity (Wildman–Crippen MR) is 73.2 cm³/mol. The smallest absolute Gasteiger partial charge is 0.414 e. The van der Waals surface area contributed by atoms with E-state index in [0.717, 1.165) is 7.11 Å². The maximum atomic E-state index is 11.7. The van der Waals surface area contributed by atoms with Gasteiger partial charge in [0, 0.05) is 14.7 Å². The molecule has 0 aromatic carbocycles. The Morgan fingerprint density at radius 2 is 1.81 bits per heavy atom. The molecule has 8 heteroatoms. The number of alkyl carbamates (subject to hydrolysis) is 1. The van der Waals surface area contributed by atoms with Crippen LogP contribution in [0.1, 0.15) is 41.9 Å². The third-order valence-electron chi connectivity index (χ3n) is 1.99. The number of carbonyl (C=O) groups excluding carboxylic acids is 4. The molecular weight excluding hydrogens is 281 g/mol. The normalized spacial score (nSPS) is 14.2. The van der Waals surface area contributed by atoms with E-state index in [4.69, 9.17) is 6.11 Å². The van der Waals surface area contributed by atoms with Crippen molar-refractivity contribution in [1.82, 2.24) is 10.6 Å². The SMILES string of the molecule is [2H][C@H](CC(=O)NC(=O)OC(C)(C)C)[13C@H](NC(C)=O)C(=O)OC. The molecule has 0 aromatic rings. The predicted octanol–water partition coefficient (Wildman–Crippen LogP) is 0.496. The van der Waals surface area contributed by atoms with Crippen LogP contribution in [-0.2, 0) is 23.9 Å². The van der Waals surface area contributed by atoms with Gasteiger partial charge in [-0.2, -0.15) is 0 Å². The van der Waals surface area contributed by atoms with E-state index in [-0.39, 0.29) is 0 Å². The Labute approximate surface area is 124 Å². The fourth-order valence-corrected chi connectivity index (χ4v) is 1.25. The van der Waals surface area contributed by atoms with Gasteiger partial charge in [-0.3, -0.25) is 14.9 Å². The number of imide groups is 1. The molecule has 3 amide bonds. The van der Waals surface area contributed by atoms with Crippen molar-refractivity contribution in [2.45, 2.75) is 52.2 Å². The van der Waals surface area contributed by atoms with Crippen molar-refractivity contribution >= 4 is 23.9 Å². The Morgan fingerprint density at radius 3 is 2.24 bits per heavy atom. The lowest BCUT2D eigenvalue weighted by atomic mass is 10.2. The average Bonchev–Trinajstić information content (AvgIpc) is 2.31. The van der Waals surface area contributed by atoms with Crippen molar-refractivity contribution < 1.29 is 30.0 Å². The first-order chi connectivity index (χ1) is 9.96. The van der Waals surface area contributed by atoms with Crippen LogP contribution in [0.5, 0.6) is 0 Å². The first-order valence-corrected chi connectivity index (χ1v) is 6.26. The van der Waals surface area contributed by atoms with E-state index in [1.54, 1.807) is 20.8 Å². The number of amides is 3. The maximum absolute atomic E-state index is 11.7. The first kappa shape index (κ1) is 16.9. The molecule has 0 saturated carbocycles. The third-order valence-corrected chi connectivity index (χ3v) is 1.99. The summed E-state index contributed by atoms with van der Waals surface area (Å²) in [6.07, 6.45) is -2.74. The second-order valence-electron chi connectivity index (χ2n) is 5.19. The number of methoxy groups -OCH3 is 1. The van der Waals surface area contributed by atoms with Crippen molar-refractivity contribution in [3.63, 3.8) is 0 Å². The summed E-state index contributed by atoms with van der Waals surface area (Å²) in [6.45, 7) is 6.07. The van der Waals surface area contributed by atoms with Crippen LogP contribution in [0.15, 0.2) is 0 Å². The van der Waals surface area contributed by atoms with Crippen LogP contribution in [0.4, 0.5) is 4.79 Å². The highest BCUT2D eigenvalue weighted by Gasteiger charge is 2.23. The molecule has 21 heavy (non-hydrogen) atoms. The van der Waals surface area contributed by atoms with Crippen LogP contribution in [0.25, 0.3) is 0 Å². The van der Waals surface area contributed by atoms with E-state index in [1.165, 1.54) is 6.92 Å². The lowest BCUT2D eigenvalue weighted by molar-refractivity contribution is -0.145. The van der Waals surface area contributed by atoms with Crippen molar-refractivity contribution in [2.24, 2.45) is 0 Å². The number of ether oxygens (including phenoxy) is 2. The number of esters is 1. The second-order valence-corrected chi connectivity index (χ2v) is 5.19. The summed E-state index contributed by atoms with van der Waals surface area (Å²) >= 11 is 0. The van der Waals surface area contributed by atoms with E-state index >= 15 is 0 Å². The van der Waals surface area contributed by atoms with Crippen LogP contribution >= 0.6 is 0 Å². The van der Waals surface area contributed by atoms with Gasteiger partial charge in [0.25, 0.3) is 0 Å². The molecule has 0 unspecified atom stereocenters. The lowest BCUT2D eigenvalue weighted by Crippen LogP contribution is -2.42. The van der Waals surface area contributed by atoms with Crippen LogP contribution < -0.4 is 10.6 Å². The zero-order valence-corrected chi connectivity index (χ0v) is 12.8. The Morgan fingerprint density at radius 1 is 1.24 bits per heavy atom. The summed E-state index contributed by atoms with van der Waals surface area (Å²) in [7, 11) is 1.10. The molecule has 0 saturated heterocycles. The Balaban J connectivity index is 4.62. The van der Waals surface area contributed by atoms with Gasteiger partial charge >= 0.3 is 12.1 Å². The zero-order chi connectivity index (χ0) is 17.5. The molecular formula is C13H22N2O6. The Kier molecular flexibility index (Phi) is 6.64. The van der Waals surface area contributed by atoms with Gasteiger partial charge < -0.3 is 14.8 Å². The second kappa shape index (κ2) is 8.23. The minimum absolute atomic E-state index is 0.487. The summed E-state index contributed by atoms with van der Waals surface area (Å²) < 4.78 is 17.1. The topological polar surface area (TPSA) is 111 Å². The van der Waals surface area contributed by atoms with Gasteiger partial charge in [0.15, 0.2) is 0 Å². The van der Waals surface area contributed by atoms with E-state index in [1.807, 2.05) is 5.32 Å². The highest BCUT2D eigenvalue weighted by molar-refractivity contribution is 5.92. The molecule has 0 aliphatic rings. The monoisotopic (exact) mass is 304 g/mol. The van der Waals surface area contributed by atoms with Crippen molar-refractivity contribution in [3.8, 4) is 0 Å². The molecule has 0 rings (SSSR count). The van der Waals surface area contributed by atoms with Crippen LogP contribution in [-0.4, -0.2) is 42.6 Å². The number of nitrogens with one attached hydrogen (secondary N) is 2. The van der Waals surface area contributed by atoms with Gasteiger partial charge in [-0.05, 0) is 27.2 Å². The average molecular weight is 304 g/mol. The minimum atomic E-state index is -1.31. The lowest BCUT2D eigenvalue weighted by Gasteiger charge is -2.19. The van der Waals surface area contributed by atoms with Gasteiger partial charge in [0.2, 0.25) is 11.8 Å². The summed E-state index contributed by atoms with van der Waals surface area (Å²) in [4.78, 5) is 45.6. The van der Waals surface area contributed by atoms with Crippen LogP contribution in [0.2, 0.25) is 0 Å². The summed E-state index contributed by atoms with van der Waals surface area (Å²) in [6, 6.07) is -1.30. The van der Waals surface area contributed by atoms with Gasteiger partial charge in [-0.25, -0.2) is 9.59 Å². The fourth-order valence-electron chi connectivity index (χ4n) is 1.25. The number of rotatable bonds is 5. The highest BCUT2D eigenvalue weighted by atomic mass is 16.6. The van der Waals surface area contributed by atoms with Crippen molar-refractivity contribution in [1.29, 1.82) is 0 Å². The molecule has 0 bridgehead atoms. The molecule has 0 spiro atoms. The molecule has 0 aliphatic carbocycles. The van der Waals surface area contributed by atoms with E-state index in [0.29, 0.717) is 0 Å². The molecule has 0 radical (unpaired) electrons. The van der Waals surface area contributed by atoms with Gasteiger partial charge in [-0.15, -0.1) is 0 Å². The number of hydrogen-bond donors (Lipinski definition) is 2. The quantitative estimate of drug-likeness (QED) is 0.565. The summed E-state index contributed by atoms with van der Waals surface area (Å²) in [5.41, 5.74) is -0.768. The maximum Gasteiger partial charge on any atom is 0.414 e. The summed E-state index contributed by atoms with van der Waals surface area (Å²) in [5.74, 6) is -2.19.